The Kier molecular flexibility index (Phi) is 4.77. The molecule has 6 heteroatoms. The molecule has 1 fully saturated rings. The minimum atomic E-state index is -0.152. The highest BCUT2D eigenvalue weighted by Crippen LogP contribution is 2.21. The molecule has 142 valence electrons. The van der Waals surface area contributed by atoms with Gasteiger partial charge in [-0.1, -0.05) is 12.1 Å². The zero-order valence-corrected chi connectivity index (χ0v) is 16.0. The molecule has 1 aliphatic heterocycles. The molecule has 0 spiro atoms. The van der Waals surface area contributed by atoms with Crippen LogP contribution in [0.15, 0.2) is 42.5 Å². The number of benzene rings is 2. The summed E-state index contributed by atoms with van der Waals surface area (Å²) in [4.78, 5) is 35.2. The van der Waals surface area contributed by atoms with Gasteiger partial charge in [0.2, 0.25) is 5.91 Å². The lowest BCUT2D eigenvalue weighted by Gasteiger charge is -2.16. The van der Waals surface area contributed by atoms with Crippen LogP contribution >= 0.6 is 0 Å². The van der Waals surface area contributed by atoms with Crippen molar-refractivity contribution in [3.05, 3.63) is 65.0 Å². The fourth-order valence-corrected chi connectivity index (χ4v) is 3.37. The molecule has 3 aromatic rings. The van der Waals surface area contributed by atoms with Crippen molar-refractivity contribution in [2.45, 2.75) is 33.2 Å². The predicted molar refractivity (Wildman–Crippen MR) is 108 cm³/mol. The van der Waals surface area contributed by atoms with Crippen molar-refractivity contribution in [2.24, 2.45) is 0 Å². The molecule has 1 aromatic heterocycles. The van der Waals surface area contributed by atoms with Gasteiger partial charge < -0.3 is 10.2 Å². The normalized spacial score (nSPS) is 13.9. The summed E-state index contributed by atoms with van der Waals surface area (Å²) in [6.07, 6.45) is 1.53. The summed E-state index contributed by atoms with van der Waals surface area (Å²) in [6.45, 7) is 5.03. The molecule has 28 heavy (non-hydrogen) atoms. The first-order valence-corrected chi connectivity index (χ1v) is 9.44. The number of nitrogens with zero attached hydrogens (tertiary/aromatic N) is 3. The molecular weight excluding hydrogens is 352 g/mol. The van der Waals surface area contributed by atoms with Crippen molar-refractivity contribution in [3.63, 3.8) is 0 Å². The van der Waals surface area contributed by atoms with E-state index in [1.807, 2.05) is 49.1 Å². The summed E-state index contributed by atoms with van der Waals surface area (Å²) in [5.74, 6) is 0.0200. The summed E-state index contributed by atoms with van der Waals surface area (Å²) in [7, 11) is 0. The van der Waals surface area contributed by atoms with E-state index in [9.17, 15) is 9.59 Å². The van der Waals surface area contributed by atoms with E-state index in [2.05, 4.69) is 15.3 Å². The van der Waals surface area contributed by atoms with E-state index in [1.54, 1.807) is 12.1 Å². The van der Waals surface area contributed by atoms with Crippen LogP contribution in [0, 0.1) is 13.8 Å². The van der Waals surface area contributed by atoms with Crippen molar-refractivity contribution in [3.8, 4) is 0 Å². The molecule has 2 amide bonds. The van der Waals surface area contributed by atoms with Crippen molar-refractivity contribution in [1.82, 2.24) is 15.3 Å². The van der Waals surface area contributed by atoms with Gasteiger partial charge in [-0.25, -0.2) is 9.97 Å². The number of aryl methyl sites for hydroxylation is 2. The predicted octanol–water partition coefficient (Wildman–Crippen LogP) is 3.30. The highest BCUT2D eigenvalue weighted by Gasteiger charge is 2.21. The molecule has 6 nitrogen and oxygen atoms in total. The fraction of sp³-hybridized carbons (Fsp3) is 0.273. The topological polar surface area (TPSA) is 75.2 Å². The quantitative estimate of drug-likeness (QED) is 0.760. The Morgan fingerprint density at radius 2 is 1.75 bits per heavy atom. The van der Waals surface area contributed by atoms with Crippen LogP contribution in [0.3, 0.4) is 0 Å². The van der Waals surface area contributed by atoms with Crippen LogP contribution < -0.4 is 10.2 Å². The van der Waals surface area contributed by atoms with Crippen molar-refractivity contribution in [1.29, 1.82) is 0 Å². The van der Waals surface area contributed by atoms with Crippen LogP contribution in [0.5, 0.6) is 0 Å². The van der Waals surface area contributed by atoms with Gasteiger partial charge in [-0.3, -0.25) is 9.59 Å². The van der Waals surface area contributed by atoms with Crippen LogP contribution in [-0.4, -0.2) is 28.3 Å². The van der Waals surface area contributed by atoms with E-state index in [0.717, 1.165) is 46.6 Å². The van der Waals surface area contributed by atoms with Gasteiger partial charge in [-0.05, 0) is 56.2 Å². The molecule has 0 aliphatic carbocycles. The van der Waals surface area contributed by atoms with E-state index in [-0.39, 0.29) is 11.8 Å². The highest BCUT2D eigenvalue weighted by molar-refractivity contribution is 5.97. The van der Waals surface area contributed by atoms with Gasteiger partial charge in [0.05, 0.1) is 22.4 Å². The van der Waals surface area contributed by atoms with Gasteiger partial charge in [0, 0.05) is 30.8 Å². The number of fused-ring (bicyclic) bond motifs is 1. The Morgan fingerprint density at radius 1 is 1.04 bits per heavy atom. The molecule has 1 aliphatic rings. The Morgan fingerprint density at radius 3 is 2.43 bits per heavy atom. The summed E-state index contributed by atoms with van der Waals surface area (Å²) in [6, 6.07) is 13.1. The van der Waals surface area contributed by atoms with Crippen LogP contribution in [0.2, 0.25) is 0 Å². The number of anilines is 1. The molecule has 1 saturated heterocycles. The summed E-state index contributed by atoms with van der Waals surface area (Å²) in [5, 5.41) is 2.94. The number of rotatable bonds is 4. The third-order valence-electron chi connectivity index (χ3n) is 5.11. The average Bonchev–Trinajstić information content (AvgIpc) is 3.13. The van der Waals surface area contributed by atoms with Gasteiger partial charge in [-0.15, -0.1) is 0 Å². The number of nitrogens with one attached hydrogen (secondary N) is 1. The van der Waals surface area contributed by atoms with Crippen molar-refractivity contribution < 1.29 is 9.59 Å². The number of carbonyl (C=O) groups is 2. The summed E-state index contributed by atoms with van der Waals surface area (Å²) in [5.41, 5.74) is 5.71. The van der Waals surface area contributed by atoms with Crippen LogP contribution in [0.4, 0.5) is 5.69 Å². The first-order valence-electron chi connectivity index (χ1n) is 9.44. The van der Waals surface area contributed by atoms with Crippen molar-refractivity contribution in [2.75, 3.05) is 11.4 Å². The van der Waals surface area contributed by atoms with Gasteiger partial charge >= 0.3 is 0 Å². The zero-order chi connectivity index (χ0) is 19.7. The minimum Gasteiger partial charge on any atom is -0.348 e. The second-order valence-corrected chi connectivity index (χ2v) is 7.10. The van der Waals surface area contributed by atoms with Gasteiger partial charge in [0.25, 0.3) is 5.91 Å². The zero-order valence-electron chi connectivity index (χ0n) is 16.0. The maximum absolute atomic E-state index is 12.5. The molecule has 2 aromatic carbocycles. The Hall–Kier alpha value is -3.28. The van der Waals surface area contributed by atoms with E-state index >= 15 is 0 Å². The van der Waals surface area contributed by atoms with Gasteiger partial charge in [0.1, 0.15) is 0 Å². The lowest BCUT2D eigenvalue weighted by atomic mass is 10.1. The standard InChI is InChI=1S/C22H22N4O2/c1-14-15(2)25-20-12-17(7-10-19(20)24-14)22(28)23-13-16-5-8-18(9-6-16)26-11-3-4-21(26)27/h5-10,12H,3-4,11,13H2,1-2H3,(H,23,28). The van der Waals surface area contributed by atoms with E-state index in [4.69, 9.17) is 0 Å². The highest BCUT2D eigenvalue weighted by atomic mass is 16.2. The SMILES string of the molecule is Cc1nc2ccc(C(=O)NCc3ccc(N4CCCC4=O)cc3)cc2nc1C. The van der Waals surface area contributed by atoms with E-state index in [1.165, 1.54) is 0 Å². The minimum absolute atomic E-state index is 0.152. The molecule has 0 atom stereocenters. The number of carbonyl (C=O) groups excluding carboxylic acids is 2. The van der Waals surface area contributed by atoms with Crippen molar-refractivity contribution >= 4 is 28.5 Å². The lowest BCUT2D eigenvalue weighted by Crippen LogP contribution is -2.24. The number of aromatic nitrogens is 2. The number of amides is 2. The van der Waals surface area contributed by atoms with E-state index in [0.29, 0.717) is 18.5 Å². The molecule has 0 radical (unpaired) electrons. The largest absolute Gasteiger partial charge is 0.348 e. The number of hydrogen-bond donors (Lipinski definition) is 1. The molecule has 4 rings (SSSR count). The molecule has 0 saturated carbocycles. The van der Waals surface area contributed by atoms with E-state index < -0.39 is 0 Å². The fourth-order valence-electron chi connectivity index (χ4n) is 3.37. The Bertz CT molecular complexity index is 1060. The molecular formula is C22H22N4O2. The monoisotopic (exact) mass is 374 g/mol. The maximum atomic E-state index is 12.5. The van der Waals surface area contributed by atoms with Crippen LogP contribution in [0.25, 0.3) is 11.0 Å². The van der Waals surface area contributed by atoms with Gasteiger partial charge in [0.15, 0.2) is 0 Å². The Balaban J connectivity index is 1.43. The maximum Gasteiger partial charge on any atom is 0.251 e. The smallest absolute Gasteiger partial charge is 0.251 e. The summed E-state index contributed by atoms with van der Waals surface area (Å²) < 4.78 is 0. The molecule has 1 N–H and O–H groups in total. The first-order chi connectivity index (χ1) is 13.5. The van der Waals surface area contributed by atoms with Crippen LogP contribution in [0.1, 0.15) is 40.2 Å². The average molecular weight is 374 g/mol. The first kappa shape index (κ1) is 18.1. The second-order valence-electron chi connectivity index (χ2n) is 7.10. The lowest BCUT2D eigenvalue weighted by molar-refractivity contribution is -0.117. The number of hydrogen-bond acceptors (Lipinski definition) is 4. The van der Waals surface area contributed by atoms with Crippen LogP contribution in [-0.2, 0) is 11.3 Å². The summed E-state index contributed by atoms with van der Waals surface area (Å²) >= 11 is 0. The molecule has 0 unspecified atom stereocenters. The third-order valence-corrected chi connectivity index (χ3v) is 5.11. The third kappa shape index (κ3) is 3.58. The second kappa shape index (κ2) is 7.38. The Labute approximate surface area is 163 Å². The molecule has 0 bridgehead atoms. The molecule has 2 heterocycles. The van der Waals surface area contributed by atoms with Gasteiger partial charge in [-0.2, -0.15) is 0 Å².